The SMILES string of the molecule is CCCc1c(C#N)oc2c(C(C)C)cc(Br)cc12. The number of hydrogen-bond donors (Lipinski definition) is 0. The second kappa shape index (κ2) is 5.16. The van der Waals surface area contributed by atoms with Gasteiger partial charge in [-0.2, -0.15) is 5.26 Å². The van der Waals surface area contributed by atoms with Crippen molar-refractivity contribution in [2.75, 3.05) is 0 Å². The molecule has 1 aromatic carbocycles. The summed E-state index contributed by atoms with van der Waals surface area (Å²) in [6.45, 7) is 6.38. The molecule has 0 atom stereocenters. The predicted octanol–water partition coefficient (Wildman–Crippen LogP) is 5.14. The Morgan fingerprint density at radius 1 is 1.39 bits per heavy atom. The minimum atomic E-state index is 0.372. The first-order valence-corrected chi connectivity index (χ1v) is 7.02. The maximum atomic E-state index is 9.19. The minimum Gasteiger partial charge on any atom is -0.445 e. The molecule has 94 valence electrons. The Bertz CT molecular complexity index is 619. The molecule has 18 heavy (non-hydrogen) atoms. The number of halogens is 1. The first kappa shape index (κ1) is 13.2. The van der Waals surface area contributed by atoms with Crippen LogP contribution in [-0.4, -0.2) is 0 Å². The molecule has 0 spiro atoms. The molecule has 0 amide bonds. The third-order valence-corrected chi connectivity index (χ3v) is 3.57. The van der Waals surface area contributed by atoms with E-state index in [4.69, 9.17) is 4.42 Å². The van der Waals surface area contributed by atoms with Crippen molar-refractivity contribution in [3.05, 3.63) is 33.5 Å². The smallest absolute Gasteiger partial charge is 0.207 e. The Morgan fingerprint density at radius 3 is 2.67 bits per heavy atom. The first-order chi connectivity index (χ1) is 8.58. The molecule has 0 bridgehead atoms. The zero-order valence-corrected chi connectivity index (χ0v) is 12.5. The molecule has 0 fully saturated rings. The van der Waals surface area contributed by atoms with Crippen molar-refractivity contribution in [3.8, 4) is 6.07 Å². The van der Waals surface area contributed by atoms with Gasteiger partial charge in [0.15, 0.2) is 0 Å². The highest BCUT2D eigenvalue weighted by Crippen LogP contribution is 2.35. The maximum absolute atomic E-state index is 9.19. The summed E-state index contributed by atoms with van der Waals surface area (Å²) in [6.07, 6.45) is 1.89. The van der Waals surface area contributed by atoms with E-state index >= 15 is 0 Å². The number of rotatable bonds is 3. The largest absolute Gasteiger partial charge is 0.445 e. The third kappa shape index (κ3) is 2.18. The average molecular weight is 306 g/mol. The number of nitriles is 1. The van der Waals surface area contributed by atoms with Gasteiger partial charge >= 0.3 is 0 Å². The van der Waals surface area contributed by atoms with Gasteiger partial charge in [0, 0.05) is 15.4 Å². The van der Waals surface area contributed by atoms with E-state index in [1.807, 2.05) is 0 Å². The lowest BCUT2D eigenvalue weighted by atomic mass is 9.98. The molecule has 0 saturated carbocycles. The van der Waals surface area contributed by atoms with Gasteiger partial charge in [-0.1, -0.05) is 43.1 Å². The van der Waals surface area contributed by atoms with Gasteiger partial charge in [-0.3, -0.25) is 0 Å². The fourth-order valence-corrected chi connectivity index (χ4v) is 2.73. The van der Waals surface area contributed by atoms with Crippen molar-refractivity contribution >= 4 is 26.9 Å². The molecule has 0 aliphatic heterocycles. The third-order valence-electron chi connectivity index (χ3n) is 3.11. The van der Waals surface area contributed by atoms with Crippen LogP contribution in [0.3, 0.4) is 0 Å². The van der Waals surface area contributed by atoms with E-state index in [1.54, 1.807) is 0 Å². The van der Waals surface area contributed by atoms with Crippen LogP contribution in [0, 0.1) is 11.3 Å². The fraction of sp³-hybridized carbons (Fsp3) is 0.400. The van der Waals surface area contributed by atoms with E-state index in [0.29, 0.717) is 11.7 Å². The van der Waals surface area contributed by atoms with Gasteiger partial charge in [0.2, 0.25) is 5.76 Å². The van der Waals surface area contributed by atoms with E-state index in [0.717, 1.165) is 39.4 Å². The molecule has 0 saturated heterocycles. The standard InChI is InChI=1S/C15H16BrNO/c1-4-5-11-13-7-10(16)6-12(9(2)3)15(13)18-14(11)8-17/h6-7,9H,4-5H2,1-3H3. The molecule has 1 aromatic heterocycles. The number of aryl methyl sites for hydroxylation is 1. The Hall–Kier alpha value is -1.27. The highest BCUT2D eigenvalue weighted by Gasteiger charge is 2.18. The van der Waals surface area contributed by atoms with E-state index < -0.39 is 0 Å². The van der Waals surface area contributed by atoms with Crippen LogP contribution in [0.2, 0.25) is 0 Å². The second-order valence-corrected chi connectivity index (χ2v) is 5.71. The van der Waals surface area contributed by atoms with Gasteiger partial charge in [-0.15, -0.1) is 0 Å². The molecule has 2 nitrogen and oxygen atoms in total. The number of benzene rings is 1. The summed E-state index contributed by atoms with van der Waals surface area (Å²) < 4.78 is 6.81. The van der Waals surface area contributed by atoms with Crippen LogP contribution in [0.1, 0.15) is 50.0 Å². The molecule has 0 unspecified atom stereocenters. The molecule has 0 N–H and O–H groups in total. The first-order valence-electron chi connectivity index (χ1n) is 6.23. The summed E-state index contributed by atoms with van der Waals surface area (Å²) in [5.74, 6) is 0.837. The zero-order valence-electron chi connectivity index (χ0n) is 10.9. The summed E-state index contributed by atoms with van der Waals surface area (Å²) in [4.78, 5) is 0. The average Bonchev–Trinajstić information content (AvgIpc) is 2.67. The van der Waals surface area contributed by atoms with Gasteiger partial charge in [0.25, 0.3) is 0 Å². The van der Waals surface area contributed by atoms with Crippen molar-refractivity contribution in [1.82, 2.24) is 0 Å². The van der Waals surface area contributed by atoms with Crippen molar-refractivity contribution in [2.24, 2.45) is 0 Å². The molecule has 1 heterocycles. The molecular formula is C15H16BrNO. The molecular weight excluding hydrogens is 290 g/mol. The molecule has 2 rings (SSSR count). The molecule has 3 heteroatoms. The predicted molar refractivity (Wildman–Crippen MR) is 76.7 cm³/mol. The topological polar surface area (TPSA) is 36.9 Å². The highest BCUT2D eigenvalue weighted by molar-refractivity contribution is 9.10. The lowest BCUT2D eigenvalue weighted by molar-refractivity contribution is 0.585. The van der Waals surface area contributed by atoms with Crippen LogP contribution in [0.5, 0.6) is 0 Å². The highest BCUT2D eigenvalue weighted by atomic mass is 79.9. The van der Waals surface area contributed by atoms with Crippen LogP contribution in [0.4, 0.5) is 0 Å². The van der Waals surface area contributed by atoms with Gasteiger partial charge in [0.05, 0.1) is 0 Å². The van der Waals surface area contributed by atoms with Crippen LogP contribution in [0.15, 0.2) is 21.0 Å². The summed E-state index contributed by atoms with van der Waals surface area (Å²) in [7, 11) is 0. The number of furan rings is 1. The number of hydrogen-bond acceptors (Lipinski definition) is 2. The van der Waals surface area contributed by atoms with Crippen LogP contribution in [-0.2, 0) is 6.42 Å². The van der Waals surface area contributed by atoms with E-state index in [9.17, 15) is 5.26 Å². The van der Waals surface area contributed by atoms with Crippen molar-refractivity contribution in [1.29, 1.82) is 5.26 Å². The molecule has 0 aliphatic rings. The van der Waals surface area contributed by atoms with E-state index in [2.05, 4.69) is 54.9 Å². The monoisotopic (exact) mass is 305 g/mol. The van der Waals surface area contributed by atoms with Gasteiger partial charge < -0.3 is 4.42 Å². The fourth-order valence-electron chi connectivity index (χ4n) is 2.26. The summed E-state index contributed by atoms with van der Waals surface area (Å²) in [6, 6.07) is 6.30. The summed E-state index contributed by atoms with van der Waals surface area (Å²) >= 11 is 3.54. The summed E-state index contributed by atoms with van der Waals surface area (Å²) in [5.41, 5.74) is 3.06. The molecule has 0 radical (unpaired) electrons. The van der Waals surface area contributed by atoms with Gasteiger partial charge in [-0.05, 0) is 30.0 Å². The zero-order chi connectivity index (χ0) is 13.3. The normalized spacial score (nSPS) is 11.1. The second-order valence-electron chi connectivity index (χ2n) is 4.80. The lowest BCUT2D eigenvalue weighted by Crippen LogP contribution is -1.89. The van der Waals surface area contributed by atoms with Crippen molar-refractivity contribution in [2.45, 2.75) is 39.5 Å². The minimum absolute atomic E-state index is 0.372. The van der Waals surface area contributed by atoms with Gasteiger partial charge in [0.1, 0.15) is 11.7 Å². The number of fused-ring (bicyclic) bond motifs is 1. The van der Waals surface area contributed by atoms with E-state index in [-0.39, 0.29) is 0 Å². The molecule has 0 aliphatic carbocycles. The van der Waals surface area contributed by atoms with Crippen molar-refractivity contribution in [3.63, 3.8) is 0 Å². The Labute approximate surface area is 116 Å². The lowest BCUT2D eigenvalue weighted by Gasteiger charge is -2.07. The van der Waals surface area contributed by atoms with Crippen molar-refractivity contribution < 1.29 is 4.42 Å². The summed E-state index contributed by atoms with van der Waals surface area (Å²) in [5, 5.41) is 10.3. The quantitative estimate of drug-likeness (QED) is 0.787. The Balaban J connectivity index is 2.80. The van der Waals surface area contributed by atoms with Crippen LogP contribution >= 0.6 is 15.9 Å². The van der Waals surface area contributed by atoms with Crippen LogP contribution < -0.4 is 0 Å². The van der Waals surface area contributed by atoms with E-state index in [1.165, 1.54) is 0 Å². The van der Waals surface area contributed by atoms with Crippen LogP contribution in [0.25, 0.3) is 11.0 Å². The maximum Gasteiger partial charge on any atom is 0.207 e. The number of nitrogens with zero attached hydrogens (tertiary/aromatic N) is 1. The van der Waals surface area contributed by atoms with Gasteiger partial charge in [-0.25, -0.2) is 0 Å². The molecule has 2 aromatic rings. The Kier molecular flexibility index (Phi) is 3.77. The Morgan fingerprint density at radius 2 is 2.11 bits per heavy atom.